The maximum Gasteiger partial charge on any atom is 0.422 e. The average molecular weight is 452 g/mol. The van der Waals surface area contributed by atoms with Crippen LogP contribution in [0.15, 0.2) is 24.3 Å². The standard InChI is InChI=1S/C20H15F7O4/c1-2-9-7-29-19(30-8-9)10-3-12(21)16(13(22)4-10)18(28)31-11-5-14(23)17(15(24)6-11)20(25,26)27/h3-6,9,19H,2,7-8H2,1H3. The van der Waals surface area contributed by atoms with Crippen molar-refractivity contribution in [2.75, 3.05) is 13.2 Å². The van der Waals surface area contributed by atoms with E-state index in [9.17, 15) is 35.5 Å². The molecule has 2 aromatic carbocycles. The van der Waals surface area contributed by atoms with Crippen molar-refractivity contribution in [3.05, 3.63) is 64.2 Å². The number of hydrogen-bond acceptors (Lipinski definition) is 4. The summed E-state index contributed by atoms with van der Waals surface area (Å²) in [4.78, 5) is 12.1. The molecule has 11 heteroatoms. The number of hydrogen-bond donors (Lipinski definition) is 0. The highest BCUT2D eigenvalue weighted by atomic mass is 19.4. The molecule has 1 saturated heterocycles. The summed E-state index contributed by atoms with van der Waals surface area (Å²) in [5.41, 5.74) is -3.44. The highest BCUT2D eigenvalue weighted by Gasteiger charge is 2.38. The van der Waals surface area contributed by atoms with E-state index in [1.54, 1.807) is 0 Å². The predicted molar refractivity (Wildman–Crippen MR) is 91.1 cm³/mol. The lowest BCUT2D eigenvalue weighted by molar-refractivity contribution is -0.205. The molecule has 2 aromatic rings. The van der Waals surface area contributed by atoms with Crippen molar-refractivity contribution < 1.29 is 49.7 Å². The molecule has 31 heavy (non-hydrogen) atoms. The van der Waals surface area contributed by atoms with Gasteiger partial charge in [-0.05, 0) is 18.6 Å². The number of carbonyl (C=O) groups excluding carboxylic acids is 1. The SMILES string of the molecule is CCC1COC(c2cc(F)c(C(=O)Oc3cc(F)c(C(F)(F)F)c(F)c3)c(F)c2)OC1. The summed E-state index contributed by atoms with van der Waals surface area (Å²) >= 11 is 0. The third-order valence-electron chi connectivity index (χ3n) is 4.59. The number of carbonyl (C=O) groups is 1. The fourth-order valence-electron chi connectivity index (χ4n) is 2.93. The Kier molecular flexibility index (Phi) is 6.56. The van der Waals surface area contributed by atoms with Gasteiger partial charge in [0.05, 0.1) is 13.2 Å². The summed E-state index contributed by atoms with van der Waals surface area (Å²) in [6.07, 6.45) is -5.61. The van der Waals surface area contributed by atoms with Crippen LogP contribution in [0, 0.1) is 29.2 Å². The van der Waals surface area contributed by atoms with Gasteiger partial charge in [0.2, 0.25) is 0 Å². The molecule has 3 rings (SSSR count). The fraction of sp³-hybridized carbons (Fsp3) is 0.350. The van der Waals surface area contributed by atoms with Gasteiger partial charge >= 0.3 is 12.1 Å². The summed E-state index contributed by atoms with van der Waals surface area (Å²) in [6.45, 7) is 2.53. The summed E-state index contributed by atoms with van der Waals surface area (Å²) in [6, 6.07) is 1.71. The van der Waals surface area contributed by atoms with Crippen molar-refractivity contribution >= 4 is 5.97 Å². The first kappa shape index (κ1) is 23.0. The van der Waals surface area contributed by atoms with Crippen molar-refractivity contribution in [2.45, 2.75) is 25.8 Å². The first-order chi connectivity index (χ1) is 14.5. The Morgan fingerprint density at radius 3 is 1.94 bits per heavy atom. The first-order valence-corrected chi connectivity index (χ1v) is 9.01. The van der Waals surface area contributed by atoms with Gasteiger partial charge in [0.25, 0.3) is 0 Å². The predicted octanol–water partition coefficient (Wildman–Crippen LogP) is 5.55. The molecule has 0 aliphatic carbocycles. The Hall–Kier alpha value is -2.66. The molecule has 0 radical (unpaired) electrons. The number of esters is 1. The van der Waals surface area contributed by atoms with Gasteiger partial charge in [0, 0.05) is 23.6 Å². The summed E-state index contributed by atoms with van der Waals surface area (Å²) in [5, 5.41) is 0. The minimum Gasteiger partial charge on any atom is -0.423 e. The Labute approximate surface area is 171 Å². The van der Waals surface area contributed by atoms with Gasteiger partial charge in [-0.2, -0.15) is 13.2 Å². The molecule has 1 aliphatic rings. The van der Waals surface area contributed by atoms with Crippen molar-refractivity contribution in [1.82, 2.24) is 0 Å². The third kappa shape index (κ3) is 4.99. The number of halogens is 7. The van der Waals surface area contributed by atoms with E-state index in [0.29, 0.717) is 13.2 Å². The highest BCUT2D eigenvalue weighted by Crippen LogP contribution is 2.36. The van der Waals surface area contributed by atoms with Crippen LogP contribution in [0.25, 0.3) is 0 Å². The smallest absolute Gasteiger partial charge is 0.422 e. The van der Waals surface area contributed by atoms with E-state index >= 15 is 0 Å². The average Bonchev–Trinajstić information content (AvgIpc) is 2.65. The number of benzene rings is 2. The van der Waals surface area contributed by atoms with E-state index in [-0.39, 0.29) is 23.6 Å². The number of alkyl halides is 3. The van der Waals surface area contributed by atoms with E-state index in [1.165, 1.54) is 0 Å². The maximum atomic E-state index is 14.4. The van der Waals surface area contributed by atoms with Crippen LogP contribution in [-0.2, 0) is 15.7 Å². The van der Waals surface area contributed by atoms with Crippen LogP contribution in [0.5, 0.6) is 5.75 Å². The molecule has 1 heterocycles. The molecule has 1 aliphatic heterocycles. The Morgan fingerprint density at radius 1 is 0.968 bits per heavy atom. The normalized spacial score (nSPS) is 19.4. The van der Waals surface area contributed by atoms with E-state index in [2.05, 4.69) is 4.74 Å². The van der Waals surface area contributed by atoms with E-state index in [4.69, 9.17) is 9.47 Å². The van der Waals surface area contributed by atoms with Gasteiger partial charge < -0.3 is 14.2 Å². The molecule has 0 atom stereocenters. The molecule has 0 bridgehead atoms. The zero-order valence-corrected chi connectivity index (χ0v) is 15.9. The van der Waals surface area contributed by atoms with Crippen molar-refractivity contribution in [2.24, 2.45) is 5.92 Å². The van der Waals surface area contributed by atoms with Gasteiger partial charge in [0.1, 0.15) is 40.1 Å². The minimum absolute atomic E-state index is 0.0484. The Balaban J connectivity index is 1.81. The summed E-state index contributed by atoms with van der Waals surface area (Å²) < 4.78 is 109. The largest absolute Gasteiger partial charge is 0.423 e. The van der Waals surface area contributed by atoms with Gasteiger partial charge in [-0.15, -0.1) is 0 Å². The lowest BCUT2D eigenvalue weighted by Crippen LogP contribution is -2.27. The van der Waals surface area contributed by atoms with Crippen molar-refractivity contribution in [3.63, 3.8) is 0 Å². The second-order valence-corrected chi connectivity index (χ2v) is 6.78. The van der Waals surface area contributed by atoms with E-state index in [1.807, 2.05) is 6.92 Å². The van der Waals surface area contributed by atoms with Crippen LogP contribution in [-0.4, -0.2) is 19.2 Å². The molecule has 0 N–H and O–H groups in total. The monoisotopic (exact) mass is 452 g/mol. The van der Waals surface area contributed by atoms with Crippen molar-refractivity contribution in [1.29, 1.82) is 0 Å². The summed E-state index contributed by atoms with van der Waals surface area (Å²) in [5.74, 6) is -9.43. The lowest BCUT2D eigenvalue weighted by Gasteiger charge is -2.29. The summed E-state index contributed by atoms with van der Waals surface area (Å²) in [7, 11) is 0. The molecule has 0 amide bonds. The Bertz CT molecular complexity index is 936. The van der Waals surface area contributed by atoms with Crippen LogP contribution in [0.1, 0.15) is 41.1 Å². The second-order valence-electron chi connectivity index (χ2n) is 6.78. The van der Waals surface area contributed by atoms with Crippen LogP contribution in [0.4, 0.5) is 30.7 Å². The molecule has 1 fully saturated rings. The fourth-order valence-corrected chi connectivity index (χ4v) is 2.93. The highest BCUT2D eigenvalue weighted by molar-refractivity contribution is 5.91. The van der Waals surface area contributed by atoms with Gasteiger partial charge in [0.15, 0.2) is 6.29 Å². The van der Waals surface area contributed by atoms with Crippen molar-refractivity contribution in [3.8, 4) is 5.75 Å². The van der Waals surface area contributed by atoms with Crippen LogP contribution < -0.4 is 4.74 Å². The zero-order valence-electron chi connectivity index (χ0n) is 15.9. The molecular weight excluding hydrogens is 437 g/mol. The van der Waals surface area contributed by atoms with E-state index < -0.39 is 58.6 Å². The second kappa shape index (κ2) is 8.83. The molecule has 0 aromatic heterocycles. The molecular formula is C20H15F7O4. The molecule has 4 nitrogen and oxygen atoms in total. The van der Waals surface area contributed by atoms with Crippen LogP contribution >= 0.6 is 0 Å². The van der Waals surface area contributed by atoms with Gasteiger partial charge in [-0.1, -0.05) is 6.92 Å². The number of rotatable bonds is 4. The maximum absolute atomic E-state index is 14.4. The topological polar surface area (TPSA) is 44.8 Å². The third-order valence-corrected chi connectivity index (χ3v) is 4.59. The number of ether oxygens (including phenoxy) is 3. The molecule has 0 saturated carbocycles. The molecule has 0 unspecified atom stereocenters. The van der Waals surface area contributed by atoms with Crippen LogP contribution in [0.3, 0.4) is 0 Å². The molecule has 168 valence electrons. The minimum atomic E-state index is -5.33. The zero-order chi connectivity index (χ0) is 22.9. The Morgan fingerprint density at radius 2 is 1.48 bits per heavy atom. The van der Waals surface area contributed by atoms with Gasteiger partial charge in [-0.25, -0.2) is 22.4 Å². The quantitative estimate of drug-likeness (QED) is 0.347. The van der Waals surface area contributed by atoms with E-state index in [0.717, 1.165) is 18.6 Å². The van der Waals surface area contributed by atoms with Gasteiger partial charge in [-0.3, -0.25) is 0 Å². The first-order valence-electron chi connectivity index (χ1n) is 9.01. The molecule has 0 spiro atoms. The van der Waals surface area contributed by atoms with Crippen LogP contribution in [0.2, 0.25) is 0 Å². The lowest BCUT2D eigenvalue weighted by atomic mass is 10.1.